The molecule has 21 heavy (non-hydrogen) atoms. The van der Waals surface area contributed by atoms with E-state index in [4.69, 9.17) is 10.6 Å². The van der Waals surface area contributed by atoms with E-state index >= 15 is 0 Å². The first-order chi connectivity index (χ1) is 10.2. The second kappa shape index (κ2) is 5.52. The van der Waals surface area contributed by atoms with Crippen LogP contribution in [-0.2, 0) is 11.3 Å². The molecule has 0 aliphatic heterocycles. The first kappa shape index (κ1) is 13.5. The lowest BCUT2D eigenvalue weighted by Crippen LogP contribution is -2.23. The highest BCUT2D eigenvalue weighted by atomic mass is 16.6. The van der Waals surface area contributed by atoms with E-state index in [1.165, 1.54) is 5.56 Å². The standard InChI is InChI=1S/C16H18N4O/c1-10-15-13(19-16(17)18-10)8-12(9-14(15)20-21-2)11-6-4-3-5-7-11/h3-7,12H,8-9H2,1-2H3,(H2,17,18,19)/b20-14+. The molecule has 5 nitrogen and oxygen atoms in total. The van der Waals surface area contributed by atoms with Gasteiger partial charge < -0.3 is 10.6 Å². The van der Waals surface area contributed by atoms with Gasteiger partial charge in [0.2, 0.25) is 5.95 Å². The molecule has 1 atom stereocenters. The molecule has 0 fully saturated rings. The van der Waals surface area contributed by atoms with E-state index < -0.39 is 0 Å². The van der Waals surface area contributed by atoms with E-state index in [2.05, 4.69) is 39.4 Å². The van der Waals surface area contributed by atoms with Gasteiger partial charge in [-0.15, -0.1) is 0 Å². The van der Waals surface area contributed by atoms with Crippen molar-refractivity contribution in [2.24, 2.45) is 5.16 Å². The van der Waals surface area contributed by atoms with Gasteiger partial charge in [0.1, 0.15) is 7.11 Å². The molecule has 0 saturated heterocycles. The number of hydrogen-bond donors (Lipinski definition) is 1. The van der Waals surface area contributed by atoms with Crippen molar-refractivity contribution < 1.29 is 4.84 Å². The molecule has 1 aromatic heterocycles. The Bertz CT molecular complexity index is 682. The Morgan fingerprint density at radius 2 is 1.95 bits per heavy atom. The van der Waals surface area contributed by atoms with Crippen molar-refractivity contribution in [3.05, 3.63) is 52.8 Å². The van der Waals surface area contributed by atoms with Crippen LogP contribution in [0.5, 0.6) is 0 Å². The molecule has 1 heterocycles. The van der Waals surface area contributed by atoms with Gasteiger partial charge in [0, 0.05) is 12.0 Å². The maximum absolute atomic E-state index is 5.79. The number of fused-ring (bicyclic) bond motifs is 1. The van der Waals surface area contributed by atoms with Crippen molar-refractivity contribution in [3.63, 3.8) is 0 Å². The molecule has 5 heteroatoms. The molecule has 108 valence electrons. The highest BCUT2D eigenvalue weighted by molar-refractivity contribution is 6.03. The maximum Gasteiger partial charge on any atom is 0.220 e. The number of aromatic nitrogens is 2. The van der Waals surface area contributed by atoms with Crippen molar-refractivity contribution in [1.82, 2.24) is 9.97 Å². The zero-order valence-corrected chi connectivity index (χ0v) is 12.2. The molecule has 1 unspecified atom stereocenters. The molecule has 2 N–H and O–H groups in total. The largest absolute Gasteiger partial charge is 0.399 e. The van der Waals surface area contributed by atoms with Crippen molar-refractivity contribution >= 4 is 11.7 Å². The Hall–Kier alpha value is -2.43. The normalized spacial score (nSPS) is 19.3. The monoisotopic (exact) mass is 282 g/mol. The second-order valence-electron chi connectivity index (χ2n) is 5.23. The van der Waals surface area contributed by atoms with Gasteiger partial charge in [-0.25, -0.2) is 9.97 Å². The average molecular weight is 282 g/mol. The topological polar surface area (TPSA) is 73.4 Å². The number of rotatable bonds is 2. The van der Waals surface area contributed by atoms with Gasteiger partial charge in [-0.1, -0.05) is 35.5 Å². The van der Waals surface area contributed by atoms with Crippen LogP contribution < -0.4 is 5.73 Å². The summed E-state index contributed by atoms with van der Waals surface area (Å²) in [5.41, 5.74) is 10.8. The molecule has 0 bridgehead atoms. The fraction of sp³-hybridized carbons (Fsp3) is 0.312. The Kier molecular flexibility index (Phi) is 3.56. The lowest BCUT2D eigenvalue weighted by molar-refractivity contribution is 0.212. The van der Waals surface area contributed by atoms with Gasteiger partial charge in [0.15, 0.2) is 0 Å². The summed E-state index contributed by atoms with van der Waals surface area (Å²) >= 11 is 0. The third-order valence-corrected chi connectivity index (χ3v) is 3.82. The maximum atomic E-state index is 5.79. The number of benzene rings is 1. The third-order valence-electron chi connectivity index (χ3n) is 3.82. The van der Waals surface area contributed by atoms with Crippen molar-refractivity contribution in [3.8, 4) is 0 Å². The average Bonchev–Trinajstić information content (AvgIpc) is 2.47. The van der Waals surface area contributed by atoms with Crippen LogP contribution >= 0.6 is 0 Å². The van der Waals surface area contributed by atoms with E-state index in [1.807, 2.05) is 13.0 Å². The summed E-state index contributed by atoms with van der Waals surface area (Å²) in [5, 5.41) is 4.19. The van der Waals surface area contributed by atoms with Crippen molar-refractivity contribution in [2.45, 2.75) is 25.7 Å². The first-order valence-electron chi connectivity index (χ1n) is 6.97. The number of anilines is 1. The lowest BCUT2D eigenvalue weighted by Gasteiger charge is -2.26. The Morgan fingerprint density at radius 1 is 1.19 bits per heavy atom. The van der Waals surface area contributed by atoms with Gasteiger partial charge in [0.25, 0.3) is 0 Å². The number of nitrogens with two attached hydrogens (primary N) is 1. The van der Waals surface area contributed by atoms with E-state index in [1.54, 1.807) is 7.11 Å². The van der Waals surface area contributed by atoms with Gasteiger partial charge in [-0.3, -0.25) is 0 Å². The molecule has 0 radical (unpaired) electrons. The van der Waals surface area contributed by atoms with E-state index in [-0.39, 0.29) is 0 Å². The van der Waals surface area contributed by atoms with Crippen LogP contribution in [0.2, 0.25) is 0 Å². The van der Waals surface area contributed by atoms with Gasteiger partial charge in [0.05, 0.1) is 17.1 Å². The summed E-state index contributed by atoms with van der Waals surface area (Å²) in [6, 6.07) is 10.4. The predicted octanol–water partition coefficient (Wildman–Crippen LogP) is 2.45. The number of aryl methyl sites for hydroxylation is 1. The van der Waals surface area contributed by atoms with Crippen molar-refractivity contribution in [2.75, 3.05) is 12.8 Å². The molecule has 1 aliphatic carbocycles. The van der Waals surface area contributed by atoms with Crippen LogP contribution in [0.25, 0.3) is 0 Å². The summed E-state index contributed by atoms with van der Waals surface area (Å²) in [7, 11) is 1.56. The Morgan fingerprint density at radius 3 is 2.67 bits per heavy atom. The molecule has 3 rings (SSSR count). The summed E-state index contributed by atoms with van der Waals surface area (Å²) in [4.78, 5) is 13.7. The van der Waals surface area contributed by atoms with E-state index in [0.29, 0.717) is 11.9 Å². The minimum atomic E-state index is 0.316. The fourth-order valence-corrected chi connectivity index (χ4v) is 2.97. The zero-order chi connectivity index (χ0) is 14.8. The molecule has 0 amide bonds. The fourth-order valence-electron chi connectivity index (χ4n) is 2.97. The predicted molar refractivity (Wildman–Crippen MR) is 82.2 cm³/mol. The minimum absolute atomic E-state index is 0.316. The van der Waals surface area contributed by atoms with Crippen molar-refractivity contribution in [1.29, 1.82) is 0 Å². The van der Waals surface area contributed by atoms with Crippen LogP contribution in [0.1, 0.15) is 34.9 Å². The highest BCUT2D eigenvalue weighted by Gasteiger charge is 2.28. The van der Waals surface area contributed by atoms with Crippen LogP contribution in [0.15, 0.2) is 35.5 Å². The van der Waals surface area contributed by atoms with Crippen LogP contribution in [0, 0.1) is 6.92 Å². The molecule has 1 aromatic carbocycles. The van der Waals surface area contributed by atoms with Gasteiger partial charge in [-0.2, -0.15) is 0 Å². The smallest absolute Gasteiger partial charge is 0.220 e. The quantitative estimate of drug-likeness (QED) is 0.859. The molecular formula is C16H18N4O. The van der Waals surface area contributed by atoms with E-state index in [9.17, 15) is 0 Å². The number of hydrogen-bond acceptors (Lipinski definition) is 5. The SMILES string of the molecule is CO/N=C1\CC(c2ccccc2)Cc2nc(N)nc(C)c21. The Labute approximate surface area is 123 Å². The molecule has 0 spiro atoms. The molecular weight excluding hydrogens is 264 g/mol. The van der Waals surface area contributed by atoms with Gasteiger partial charge >= 0.3 is 0 Å². The van der Waals surface area contributed by atoms with Gasteiger partial charge in [-0.05, 0) is 24.8 Å². The molecule has 2 aromatic rings. The molecule has 0 saturated carbocycles. The highest BCUT2D eigenvalue weighted by Crippen LogP contribution is 2.33. The Balaban J connectivity index is 2.07. The summed E-state index contributed by atoms with van der Waals surface area (Å²) in [6.07, 6.45) is 1.66. The zero-order valence-electron chi connectivity index (χ0n) is 12.2. The van der Waals surface area contributed by atoms with E-state index in [0.717, 1.165) is 35.5 Å². The van der Waals surface area contributed by atoms with Crippen LogP contribution in [0.3, 0.4) is 0 Å². The first-order valence-corrected chi connectivity index (χ1v) is 6.97. The second-order valence-corrected chi connectivity index (χ2v) is 5.23. The molecule has 1 aliphatic rings. The number of nitrogen functional groups attached to an aromatic ring is 1. The summed E-state index contributed by atoms with van der Waals surface area (Å²) in [6.45, 7) is 1.94. The lowest BCUT2D eigenvalue weighted by atomic mass is 9.81. The number of nitrogens with zero attached hydrogens (tertiary/aromatic N) is 3. The van der Waals surface area contributed by atoms with Crippen LogP contribution in [0.4, 0.5) is 5.95 Å². The summed E-state index contributed by atoms with van der Waals surface area (Å²) in [5.74, 6) is 0.651. The number of oxime groups is 1. The minimum Gasteiger partial charge on any atom is -0.399 e. The summed E-state index contributed by atoms with van der Waals surface area (Å²) < 4.78 is 0. The van der Waals surface area contributed by atoms with Crippen LogP contribution in [-0.4, -0.2) is 22.8 Å². The third kappa shape index (κ3) is 2.59.